The van der Waals surface area contributed by atoms with Crippen LogP contribution in [0.5, 0.6) is 0 Å². The Morgan fingerprint density at radius 2 is 1.79 bits per heavy atom. The Morgan fingerprint density at radius 1 is 1.26 bits per heavy atom. The van der Waals surface area contributed by atoms with Gasteiger partial charge in [-0.2, -0.15) is 13.2 Å². The van der Waals surface area contributed by atoms with Gasteiger partial charge in [-0.05, 0) is 30.7 Å². The average molecular weight is 315 g/mol. The highest BCUT2D eigenvalue weighted by atomic mass is 35.5. The molecule has 0 amide bonds. The molecule has 1 unspecified atom stereocenters. The molecule has 0 aromatic heterocycles. The second-order valence-corrected chi connectivity index (χ2v) is 4.68. The molecule has 0 bridgehead atoms. The van der Waals surface area contributed by atoms with Gasteiger partial charge in [-0.1, -0.05) is 23.2 Å². The Kier molecular flexibility index (Phi) is 5.50. The van der Waals surface area contributed by atoms with E-state index in [1.807, 2.05) is 0 Å². The maximum Gasteiger partial charge on any atom is 0.396 e. The molecule has 0 spiro atoms. The van der Waals surface area contributed by atoms with E-state index >= 15 is 0 Å². The van der Waals surface area contributed by atoms with Gasteiger partial charge >= 0.3 is 12.1 Å². The molecule has 2 nitrogen and oxygen atoms in total. The molecular formula is C12H11Cl2F3O2. The van der Waals surface area contributed by atoms with Crippen LogP contribution in [-0.2, 0) is 9.53 Å². The van der Waals surface area contributed by atoms with Crippen LogP contribution in [0.3, 0.4) is 0 Å². The minimum Gasteiger partial charge on any atom is -0.466 e. The molecule has 7 heteroatoms. The number of benzene rings is 1. The van der Waals surface area contributed by atoms with Crippen LogP contribution in [0.4, 0.5) is 13.2 Å². The SMILES string of the molecule is CCOC(=O)CC(c1cc(Cl)cc(Cl)c1)C(F)(F)F. The van der Waals surface area contributed by atoms with E-state index in [1.165, 1.54) is 13.0 Å². The van der Waals surface area contributed by atoms with Crippen LogP contribution in [0.2, 0.25) is 10.0 Å². The molecule has 106 valence electrons. The lowest BCUT2D eigenvalue weighted by atomic mass is 9.95. The lowest BCUT2D eigenvalue weighted by Gasteiger charge is -2.20. The fourth-order valence-corrected chi connectivity index (χ4v) is 2.13. The third-order valence-electron chi connectivity index (χ3n) is 2.36. The van der Waals surface area contributed by atoms with Crippen molar-refractivity contribution in [3.8, 4) is 0 Å². The summed E-state index contributed by atoms with van der Waals surface area (Å²) in [5.41, 5.74) is -0.155. The minimum absolute atomic E-state index is 0.0275. The molecule has 1 aromatic carbocycles. The number of esters is 1. The van der Waals surface area contributed by atoms with Crippen molar-refractivity contribution in [1.29, 1.82) is 0 Å². The first kappa shape index (κ1) is 16.1. The molecule has 0 saturated carbocycles. The molecule has 19 heavy (non-hydrogen) atoms. The van der Waals surface area contributed by atoms with E-state index in [1.54, 1.807) is 0 Å². The summed E-state index contributed by atoms with van der Waals surface area (Å²) in [6.45, 7) is 1.55. The van der Waals surface area contributed by atoms with Crippen molar-refractivity contribution in [2.75, 3.05) is 6.61 Å². The predicted molar refractivity (Wildman–Crippen MR) is 66.5 cm³/mol. The first-order valence-electron chi connectivity index (χ1n) is 5.42. The molecule has 0 N–H and O–H groups in total. The van der Waals surface area contributed by atoms with Gasteiger partial charge in [0.05, 0.1) is 18.9 Å². The minimum atomic E-state index is -4.58. The lowest BCUT2D eigenvalue weighted by molar-refractivity contribution is -0.166. The van der Waals surface area contributed by atoms with Gasteiger partial charge in [0.2, 0.25) is 0 Å². The summed E-state index contributed by atoms with van der Waals surface area (Å²) in [6, 6.07) is 3.61. The van der Waals surface area contributed by atoms with E-state index in [9.17, 15) is 18.0 Å². The van der Waals surface area contributed by atoms with E-state index in [-0.39, 0.29) is 22.2 Å². The number of carbonyl (C=O) groups is 1. The second-order valence-electron chi connectivity index (χ2n) is 3.81. The fourth-order valence-electron chi connectivity index (χ4n) is 1.59. The maximum absolute atomic E-state index is 13.0. The fraction of sp³-hybridized carbons (Fsp3) is 0.417. The molecule has 0 radical (unpaired) electrons. The first-order valence-corrected chi connectivity index (χ1v) is 6.18. The normalized spacial score (nSPS) is 13.2. The lowest BCUT2D eigenvalue weighted by Crippen LogP contribution is -2.24. The summed E-state index contributed by atoms with van der Waals surface area (Å²) in [6.07, 6.45) is -5.38. The van der Waals surface area contributed by atoms with Gasteiger partial charge in [-0.25, -0.2) is 0 Å². The molecular weight excluding hydrogens is 304 g/mol. The average Bonchev–Trinajstić information content (AvgIpc) is 2.23. The number of rotatable bonds is 4. The highest BCUT2D eigenvalue weighted by molar-refractivity contribution is 6.34. The van der Waals surface area contributed by atoms with Crippen LogP contribution in [0.1, 0.15) is 24.8 Å². The standard InChI is InChI=1S/C12H11Cl2F3O2/c1-2-19-11(18)6-10(12(15,16)17)7-3-8(13)5-9(14)4-7/h3-5,10H,2,6H2,1H3. The van der Waals surface area contributed by atoms with Gasteiger partial charge in [-0.15, -0.1) is 0 Å². The van der Waals surface area contributed by atoms with Crippen LogP contribution in [0.25, 0.3) is 0 Å². The molecule has 1 rings (SSSR count). The molecule has 1 atom stereocenters. The van der Waals surface area contributed by atoms with Crippen molar-refractivity contribution in [3.05, 3.63) is 33.8 Å². The van der Waals surface area contributed by atoms with Gasteiger partial charge in [0.15, 0.2) is 0 Å². The number of ether oxygens (including phenoxy) is 1. The zero-order valence-corrected chi connectivity index (χ0v) is 11.4. The second kappa shape index (κ2) is 6.48. The highest BCUT2D eigenvalue weighted by Crippen LogP contribution is 2.39. The van der Waals surface area contributed by atoms with Crippen LogP contribution in [-0.4, -0.2) is 18.8 Å². The number of hydrogen-bond acceptors (Lipinski definition) is 2. The van der Waals surface area contributed by atoms with E-state index in [2.05, 4.69) is 4.74 Å². The van der Waals surface area contributed by atoms with Crippen molar-refractivity contribution >= 4 is 29.2 Å². The maximum atomic E-state index is 13.0. The highest BCUT2D eigenvalue weighted by Gasteiger charge is 2.42. The largest absolute Gasteiger partial charge is 0.466 e. The van der Waals surface area contributed by atoms with Gasteiger partial charge in [-0.3, -0.25) is 4.79 Å². The van der Waals surface area contributed by atoms with Crippen LogP contribution < -0.4 is 0 Å². The van der Waals surface area contributed by atoms with E-state index in [0.29, 0.717) is 0 Å². The molecule has 0 aliphatic rings. The Labute approximate surface area is 118 Å². The number of hydrogen-bond donors (Lipinski definition) is 0. The predicted octanol–water partition coefficient (Wildman–Crippen LogP) is 4.59. The van der Waals surface area contributed by atoms with Crippen LogP contribution in [0.15, 0.2) is 18.2 Å². The smallest absolute Gasteiger partial charge is 0.396 e. The third kappa shape index (κ3) is 4.91. The monoisotopic (exact) mass is 314 g/mol. The Bertz CT molecular complexity index is 441. The first-order chi connectivity index (χ1) is 8.74. The zero-order chi connectivity index (χ0) is 14.6. The molecule has 0 saturated heterocycles. The Morgan fingerprint density at radius 3 is 2.21 bits per heavy atom. The number of alkyl halides is 3. The Hall–Kier alpha value is -0.940. The summed E-state index contributed by atoms with van der Waals surface area (Å²) in [5, 5.41) is 0.168. The summed E-state index contributed by atoms with van der Waals surface area (Å²) in [7, 11) is 0. The quantitative estimate of drug-likeness (QED) is 0.760. The van der Waals surface area contributed by atoms with Gasteiger partial charge in [0.25, 0.3) is 0 Å². The topological polar surface area (TPSA) is 26.3 Å². The van der Waals surface area contributed by atoms with Crippen molar-refractivity contribution in [2.24, 2.45) is 0 Å². The zero-order valence-electron chi connectivity index (χ0n) is 9.93. The van der Waals surface area contributed by atoms with E-state index in [4.69, 9.17) is 23.2 Å². The number of halogens is 5. The number of carbonyl (C=O) groups excluding carboxylic acids is 1. The molecule has 0 fully saturated rings. The van der Waals surface area contributed by atoms with E-state index < -0.39 is 24.5 Å². The third-order valence-corrected chi connectivity index (χ3v) is 2.79. The van der Waals surface area contributed by atoms with Crippen LogP contribution >= 0.6 is 23.2 Å². The van der Waals surface area contributed by atoms with Gasteiger partial charge in [0.1, 0.15) is 0 Å². The van der Waals surface area contributed by atoms with E-state index in [0.717, 1.165) is 12.1 Å². The van der Waals surface area contributed by atoms with Crippen molar-refractivity contribution < 1.29 is 22.7 Å². The van der Waals surface area contributed by atoms with Crippen molar-refractivity contribution in [2.45, 2.75) is 25.4 Å². The summed E-state index contributed by atoms with van der Waals surface area (Å²) >= 11 is 11.3. The molecule has 0 aliphatic heterocycles. The summed E-state index contributed by atoms with van der Waals surface area (Å²) < 4.78 is 43.5. The van der Waals surface area contributed by atoms with Crippen molar-refractivity contribution in [3.63, 3.8) is 0 Å². The summed E-state index contributed by atoms with van der Waals surface area (Å²) in [5.74, 6) is -2.90. The molecule has 0 heterocycles. The van der Waals surface area contributed by atoms with Gasteiger partial charge < -0.3 is 4.74 Å². The summed E-state index contributed by atoms with van der Waals surface area (Å²) in [4.78, 5) is 11.3. The Balaban J connectivity index is 3.06. The van der Waals surface area contributed by atoms with Crippen molar-refractivity contribution in [1.82, 2.24) is 0 Å². The van der Waals surface area contributed by atoms with Crippen LogP contribution in [0, 0.1) is 0 Å². The molecule has 1 aromatic rings. The molecule has 0 aliphatic carbocycles. The van der Waals surface area contributed by atoms with Gasteiger partial charge in [0, 0.05) is 10.0 Å².